The zero-order chi connectivity index (χ0) is 16.3. The first-order chi connectivity index (χ1) is 10.3. The number of ether oxygens (including phenoxy) is 1. The number of esters is 1. The summed E-state index contributed by atoms with van der Waals surface area (Å²) in [7, 11) is 1.25. The average molecular weight is 323 g/mol. The van der Waals surface area contributed by atoms with Crippen molar-refractivity contribution < 1.29 is 18.8 Å². The molecule has 0 spiro atoms. The third-order valence-electron chi connectivity index (χ3n) is 2.98. The number of hydrogen-bond donors (Lipinski definition) is 1. The SMILES string of the molecule is COC(=O)C(C)(C)NC(=O)c1cc(-c2cccc(Cl)c2)no1. The maximum atomic E-state index is 12.1. The molecule has 0 bridgehead atoms. The van der Waals surface area contributed by atoms with E-state index in [1.54, 1.807) is 24.3 Å². The number of carbonyl (C=O) groups excluding carboxylic acids is 2. The number of methoxy groups -OCH3 is 1. The Kier molecular flexibility index (Phi) is 4.51. The van der Waals surface area contributed by atoms with Crippen molar-refractivity contribution >= 4 is 23.5 Å². The fourth-order valence-corrected chi connectivity index (χ4v) is 2.01. The van der Waals surface area contributed by atoms with Crippen molar-refractivity contribution in [2.24, 2.45) is 0 Å². The van der Waals surface area contributed by atoms with Gasteiger partial charge < -0.3 is 14.6 Å². The highest BCUT2D eigenvalue weighted by atomic mass is 35.5. The highest BCUT2D eigenvalue weighted by Crippen LogP contribution is 2.22. The Morgan fingerprint density at radius 2 is 2.05 bits per heavy atom. The molecule has 6 nitrogen and oxygen atoms in total. The van der Waals surface area contributed by atoms with Crippen molar-refractivity contribution in [1.29, 1.82) is 0 Å². The van der Waals surface area contributed by atoms with E-state index in [1.807, 2.05) is 0 Å². The number of amides is 1. The van der Waals surface area contributed by atoms with Gasteiger partial charge >= 0.3 is 5.97 Å². The standard InChI is InChI=1S/C15H15ClN2O4/c1-15(2,14(20)21-3)17-13(19)12-8-11(18-22-12)9-5-4-6-10(16)7-9/h4-8H,1-3H3,(H,17,19). The summed E-state index contributed by atoms with van der Waals surface area (Å²) < 4.78 is 9.65. The average Bonchev–Trinajstić information content (AvgIpc) is 2.95. The molecule has 1 aromatic carbocycles. The van der Waals surface area contributed by atoms with Crippen LogP contribution in [-0.4, -0.2) is 29.7 Å². The molecule has 0 saturated carbocycles. The minimum Gasteiger partial charge on any atom is -0.467 e. The van der Waals surface area contributed by atoms with Gasteiger partial charge in [0.2, 0.25) is 5.76 Å². The quantitative estimate of drug-likeness (QED) is 0.875. The molecule has 7 heteroatoms. The predicted octanol–water partition coefficient (Wildman–Crippen LogP) is 2.68. The number of nitrogens with zero attached hydrogens (tertiary/aromatic N) is 1. The summed E-state index contributed by atoms with van der Waals surface area (Å²) in [5, 5.41) is 6.91. The number of hydrogen-bond acceptors (Lipinski definition) is 5. The van der Waals surface area contributed by atoms with E-state index in [9.17, 15) is 9.59 Å². The largest absolute Gasteiger partial charge is 0.467 e. The van der Waals surface area contributed by atoms with Gasteiger partial charge in [0.1, 0.15) is 11.2 Å². The van der Waals surface area contributed by atoms with Gasteiger partial charge in [0.25, 0.3) is 5.91 Å². The van der Waals surface area contributed by atoms with E-state index in [0.717, 1.165) is 5.56 Å². The van der Waals surface area contributed by atoms with Gasteiger partial charge in [-0.2, -0.15) is 0 Å². The Morgan fingerprint density at radius 1 is 1.32 bits per heavy atom. The van der Waals surface area contributed by atoms with Gasteiger partial charge in [-0.25, -0.2) is 4.79 Å². The van der Waals surface area contributed by atoms with E-state index in [0.29, 0.717) is 10.7 Å². The minimum absolute atomic E-state index is 0.00745. The third kappa shape index (κ3) is 3.46. The third-order valence-corrected chi connectivity index (χ3v) is 3.21. The summed E-state index contributed by atoms with van der Waals surface area (Å²) in [6.45, 7) is 3.07. The second-order valence-corrected chi connectivity index (χ2v) is 5.59. The van der Waals surface area contributed by atoms with Crippen molar-refractivity contribution in [3.63, 3.8) is 0 Å². The highest BCUT2D eigenvalue weighted by molar-refractivity contribution is 6.30. The first-order valence-electron chi connectivity index (χ1n) is 6.47. The van der Waals surface area contributed by atoms with Gasteiger partial charge in [0.05, 0.1) is 7.11 Å². The first kappa shape index (κ1) is 16.0. The lowest BCUT2D eigenvalue weighted by atomic mass is 10.1. The molecule has 0 aliphatic rings. The summed E-state index contributed by atoms with van der Waals surface area (Å²) in [6.07, 6.45) is 0. The zero-order valence-electron chi connectivity index (χ0n) is 12.3. The summed E-state index contributed by atoms with van der Waals surface area (Å²) >= 11 is 5.91. The molecule has 0 aliphatic heterocycles. The number of carbonyl (C=O) groups is 2. The van der Waals surface area contributed by atoms with Crippen LogP contribution in [0.1, 0.15) is 24.4 Å². The highest BCUT2D eigenvalue weighted by Gasteiger charge is 2.32. The Balaban J connectivity index is 2.18. The van der Waals surface area contributed by atoms with Crippen LogP contribution in [0.3, 0.4) is 0 Å². The molecule has 1 N–H and O–H groups in total. The van der Waals surface area contributed by atoms with Crippen LogP contribution in [0.25, 0.3) is 11.3 Å². The topological polar surface area (TPSA) is 81.4 Å². The monoisotopic (exact) mass is 322 g/mol. The van der Waals surface area contributed by atoms with E-state index in [-0.39, 0.29) is 5.76 Å². The molecule has 1 amide bonds. The molecule has 2 aromatic rings. The Bertz CT molecular complexity index is 709. The molecule has 0 unspecified atom stereocenters. The van der Waals surface area contributed by atoms with Crippen LogP contribution in [-0.2, 0) is 9.53 Å². The molecule has 1 heterocycles. The van der Waals surface area contributed by atoms with Crippen LogP contribution < -0.4 is 5.32 Å². The van der Waals surface area contributed by atoms with Gasteiger partial charge in [0.15, 0.2) is 0 Å². The van der Waals surface area contributed by atoms with Crippen molar-refractivity contribution in [2.75, 3.05) is 7.11 Å². The number of halogens is 1. The Hall–Kier alpha value is -2.34. The molecule has 0 atom stereocenters. The fraction of sp³-hybridized carbons (Fsp3) is 0.267. The normalized spacial score (nSPS) is 11.1. The molecule has 116 valence electrons. The van der Waals surface area contributed by atoms with E-state index in [2.05, 4.69) is 15.2 Å². The molecule has 0 aliphatic carbocycles. The van der Waals surface area contributed by atoms with Gasteiger partial charge in [-0.15, -0.1) is 0 Å². The van der Waals surface area contributed by atoms with Gasteiger partial charge in [-0.1, -0.05) is 28.9 Å². The second-order valence-electron chi connectivity index (χ2n) is 5.16. The summed E-state index contributed by atoms with van der Waals surface area (Å²) in [5.41, 5.74) is 0.0283. The lowest BCUT2D eigenvalue weighted by Crippen LogP contribution is -2.50. The van der Waals surface area contributed by atoms with Crippen molar-refractivity contribution in [3.8, 4) is 11.3 Å². The molecular formula is C15H15ClN2O4. The van der Waals surface area contributed by atoms with Crippen LogP contribution in [0.5, 0.6) is 0 Å². The number of rotatable bonds is 4. The molecule has 0 fully saturated rings. The fourth-order valence-electron chi connectivity index (χ4n) is 1.82. The maximum absolute atomic E-state index is 12.1. The van der Waals surface area contributed by atoms with E-state index in [4.69, 9.17) is 16.1 Å². The number of aromatic nitrogens is 1. The van der Waals surface area contributed by atoms with Crippen LogP contribution in [0.4, 0.5) is 0 Å². The second kappa shape index (κ2) is 6.19. The van der Waals surface area contributed by atoms with E-state index in [1.165, 1.54) is 27.0 Å². The minimum atomic E-state index is -1.17. The molecule has 0 saturated heterocycles. The molecule has 2 rings (SSSR count). The Labute approximate surface area is 132 Å². The summed E-state index contributed by atoms with van der Waals surface area (Å²) in [4.78, 5) is 23.7. The summed E-state index contributed by atoms with van der Waals surface area (Å²) in [5.74, 6) is -1.13. The van der Waals surface area contributed by atoms with Crippen molar-refractivity contribution in [2.45, 2.75) is 19.4 Å². The Morgan fingerprint density at radius 3 is 2.68 bits per heavy atom. The smallest absolute Gasteiger partial charge is 0.330 e. The van der Waals surface area contributed by atoms with Crippen LogP contribution in [0, 0.1) is 0 Å². The molecule has 1 aromatic heterocycles. The van der Waals surface area contributed by atoms with Crippen molar-refractivity contribution in [1.82, 2.24) is 10.5 Å². The maximum Gasteiger partial charge on any atom is 0.330 e. The van der Waals surface area contributed by atoms with Gasteiger partial charge in [-0.3, -0.25) is 4.79 Å². The first-order valence-corrected chi connectivity index (χ1v) is 6.85. The van der Waals surface area contributed by atoms with Crippen LogP contribution in [0.15, 0.2) is 34.9 Å². The molecular weight excluding hydrogens is 308 g/mol. The summed E-state index contributed by atoms with van der Waals surface area (Å²) in [6, 6.07) is 8.49. The van der Waals surface area contributed by atoms with Crippen LogP contribution in [0.2, 0.25) is 5.02 Å². The lowest BCUT2D eigenvalue weighted by molar-refractivity contribution is -0.146. The van der Waals surface area contributed by atoms with E-state index < -0.39 is 17.4 Å². The van der Waals surface area contributed by atoms with Gasteiger partial charge in [-0.05, 0) is 26.0 Å². The number of nitrogens with one attached hydrogen (secondary N) is 1. The van der Waals surface area contributed by atoms with Crippen LogP contribution >= 0.6 is 11.6 Å². The lowest BCUT2D eigenvalue weighted by Gasteiger charge is -2.22. The molecule has 22 heavy (non-hydrogen) atoms. The van der Waals surface area contributed by atoms with E-state index >= 15 is 0 Å². The van der Waals surface area contributed by atoms with Gasteiger partial charge in [0, 0.05) is 16.7 Å². The zero-order valence-corrected chi connectivity index (χ0v) is 13.1. The predicted molar refractivity (Wildman–Crippen MR) is 80.5 cm³/mol. The number of benzene rings is 1. The molecule has 0 radical (unpaired) electrons. The van der Waals surface area contributed by atoms with Crippen molar-refractivity contribution in [3.05, 3.63) is 41.1 Å².